The lowest BCUT2D eigenvalue weighted by Crippen LogP contribution is -2.42. The van der Waals surface area contributed by atoms with Crippen molar-refractivity contribution in [2.24, 2.45) is 23.9 Å². The van der Waals surface area contributed by atoms with E-state index in [1.165, 1.54) is 25.7 Å². The van der Waals surface area contributed by atoms with E-state index in [4.69, 9.17) is 9.73 Å². The number of aryl methyl sites for hydroxylation is 1. The molecule has 0 aromatic carbocycles. The molecule has 1 aromatic heterocycles. The Morgan fingerprint density at radius 1 is 1.30 bits per heavy atom. The second kappa shape index (κ2) is 12.5. The number of nitrogens with one attached hydrogen (secondary N) is 1. The lowest BCUT2D eigenvalue weighted by molar-refractivity contribution is 0.195. The van der Waals surface area contributed by atoms with Gasteiger partial charge in [-0.15, -0.1) is 34.2 Å². The molecule has 0 unspecified atom stereocenters. The van der Waals surface area contributed by atoms with Gasteiger partial charge in [0.15, 0.2) is 11.8 Å². The lowest BCUT2D eigenvalue weighted by atomic mass is 9.83. The third kappa shape index (κ3) is 7.93. The van der Waals surface area contributed by atoms with Crippen LogP contribution in [-0.2, 0) is 18.3 Å². The zero-order valence-corrected chi connectivity index (χ0v) is 19.9. The van der Waals surface area contributed by atoms with E-state index in [2.05, 4.69) is 34.4 Å². The van der Waals surface area contributed by atoms with E-state index in [-0.39, 0.29) is 24.0 Å². The van der Waals surface area contributed by atoms with Crippen LogP contribution in [-0.4, -0.2) is 59.5 Å². The molecule has 1 aromatic rings. The van der Waals surface area contributed by atoms with E-state index in [1.54, 1.807) is 7.11 Å². The van der Waals surface area contributed by atoms with Gasteiger partial charge in [0.05, 0.1) is 0 Å². The average molecular weight is 492 g/mol. The maximum Gasteiger partial charge on any atom is 0.194 e. The minimum Gasteiger partial charge on any atom is -0.385 e. The summed E-state index contributed by atoms with van der Waals surface area (Å²) in [6, 6.07) is 0. The van der Waals surface area contributed by atoms with Crippen molar-refractivity contribution in [1.29, 1.82) is 0 Å². The Morgan fingerprint density at radius 2 is 2.00 bits per heavy atom. The summed E-state index contributed by atoms with van der Waals surface area (Å²) in [6.45, 7) is 7.54. The summed E-state index contributed by atoms with van der Waals surface area (Å²) in [7, 11) is 5.86. The Hall–Kier alpha value is -0.900. The van der Waals surface area contributed by atoms with E-state index in [1.807, 2.05) is 18.5 Å². The first-order chi connectivity index (χ1) is 12.5. The molecule has 1 N–H and O–H groups in total. The zero-order chi connectivity index (χ0) is 18.9. The molecule has 0 aliphatic heterocycles. The summed E-state index contributed by atoms with van der Waals surface area (Å²) in [5, 5.41) is 11.8. The van der Waals surface area contributed by atoms with Crippen LogP contribution < -0.4 is 5.32 Å². The standard InChI is InChI=1S/C19H36N6O.HI/c1-15-7-9-17(10-8-15)14-24(3)19(20-11-6-12-26-5)21-13-18-23-22-16(2)25(18)4;/h15,17H,6-14H2,1-5H3,(H,20,21);1H. The number of rotatable bonds is 8. The largest absolute Gasteiger partial charge is 0.385 e. The number of methoxy groups -OCH3 is 1. The fourth-order valence-electron chi connectivity index (χ4n) is 3.45. The Balaban J connectivity index is 0.00000364. The van der Waals surface area contributed by atoms with E-state index in [0.29, 0.717) is 6.54 Å². The average Bonchev–Trinajstić information content (AvgIpc) is 2.95. The molecular weight excluding hydrogens is 455 g/mol. The van der Waals surface area contributed by atoms with Gasteiger partial charge in [0.25, 0.3) is 0 Å². The Morgan fingerprint density at radius 3 is 2.59 bits per heavy atom. The molecule has 7 nitrogen and oxygen atoms in total. The number of ether oxygens (including phenoxy) is 1. The van der Waals surface area contributed by atoms with Gasteiger partial charge in [-0.2, -0.15) is 0 Å². The summed E-state index contributed by atoms with van der Waals surface area (Å²) < 4.78 is 7.14. The predicted molar refractivity (Wildman–Crippen MR) is 121 cm³/mol. The lowest BCUT2D eigenvalue weighted by Gasteiger charge is -2.31. The fraction of sp³-hybridized carbons (Fsp3) is 0.842. The van der Waals surface area contributed by atoms with Crippen molar-refractivity contribution in [3.05, 3.63) is 11.6 Å². The van der Waals surface area contributed by atoms with Crippen molar-refractivity contribution < 1.29 is 4.74 Å². The van der Waals surface area contributed by atoms with Crippen LogP contribution in [0, 0.1) is 18.8 Å². The van der Waals surface area contributed by atoms with Crippen LogP contribution >= 0.6 is 24.0 Å². The molecule has 156 valence electrons. The molecule has 8 heteroatoms. The van der Waals surface area contributed by atoms with E-state index in [0.717, 1.165) is 55.6 Å². The first-order valence-electron chi connectivity index (χ1n) is 9.84. The summed E-state index contributed by atoms with van der Waals surface area (Å²) in [4.78, 5) is 7.09. The van der Waals surface area contributed by atoms with Crippen LogP contribution in [0.5, 0.6) is 0 Å². The van der Waals surface area contributed by atoms with Crippen molar-refractivity contribution in [3.8, 4) is 0 Å². The normalized spacial score (nSPS) is 20.3. The summed E-state index contributed by atoms with van der Waals surface area (Å²) >= 11 is 0. The molecule has 1 heterocycles. The Kier molecular flexibility index (Phi) is 11.2. The summed E-state index contributed by atoms with van der Waals surface area (Å²) in [6.07, 6.45) is 6.32. The van der Waals surface area contributed by atoms with Crippen LogP contribution in [0.25, 0.3) is 0 Å². The highest BCUT2D eigenvalue weighted by atomic mass is 127. The Labute approximate surface area is 181 Å². The molecule has 1 saturated carbocycles. The molecule has 0 atom stereocenters. The van der Waals surface area contributed by atoms with Gasteiger partial charge in [0, 0.05) is 40.9 Å². The molecule has 1 aliphatic rings. The van der Waals surface area contributed by atoms with E-state index in [9.17, 15) is 0 Å². The maximum atomic E-state index is 5.15. The van der Waals surface area contributed by atoms with Crippen molar-refractivity contribution >= 4 is 29.9 Å². The molecule has 1 fully saturated rings. The summed E-state index contributed by atoms with van der Waals surface area (Å²) in [5.74, 6) is 4.39. The van der Waals surface area contributed by atoms with Gasteiger partial charge in [-0.25, -0.2) is 4.99 Å². The van der Waals surface area contributed by atoms with E-state index >= 15 is 0 Å². The number of aliphatic imine (C=N–C) groups is 1. The number of guanidine groups is 1. The Bertz CT molecular complexity index is 569. The van der Waals surface area contributed by atoms with Gasteiger partial charge in [-0.1, -0.05) is 19.8 Å². The topological polar surface area (TPSA) is 67.6 Å². The second-order valence-corrected chi connectivity index (χ2v) is 7.64. The number of halogens is 1. The summed E-state index contributed by atoms with van der Waals surface area (Å²) in [5.41, 5.74) is 0. The second-order valence-electron chi connectivity index (χ2n) is 7.64. The van der Waals surface area contributed by atoms with Crippen molar-refractivity contribution in [2.45, 2.75) is 52.5 Å². The van der Waals surface area contributed by atoms with E-state index < -0.39 is 0 Å². The maximum absolute atomic E-state index is 5.15. The van der Waals surface area contributed by atoms with Crippen LogP contribution in [0.2, 0.25) is 0 Å². The SMILES string of the molecule is COCCCNC(=NCc1nnc(C)n1C)N(C)CC1CCC(C)CC1.I. The van der Waals surface area contributed by atoms with Gasteiger partial charge in [-0.05, 0) is 38.0 Å². The highest BCUT2D eigenvalue weighted by molar-refractivity contribution is 14.0. The van der Waals surface area contributed by atoms with Crippen LogP contribution in [0.3, 0.4) is 0 Å². The third-order valence-electron chi connectivity index (χ3n) is 5.39. The highest BCUT2D eigenvalue weighted by Gasteiger charge is 2.20. The minimum absolute atomic E-state index is 0. The molecule has 0 amide bonds. The van der Waals surface area contributed by atoms with Gasteiger partial charge in [0.1, 0.15) is 12.4 Å². The first kappa shape index (κ1) is 24.1. The van der Waals surface area contributed by atoms with Crippen LogP contribution in [0.1, 0.15) is 50.7 Å². The minimum atomic E-state index is 0. The van der Waals surface area contributed by atoms with Gasteiger partial charge >= 0.3 is 0 Å². The smallest absolute Gasteiger partial charge is 0.194 e. The van der Waals surface area contributed by atoms with Gasteiger partial charge in [0.2, 0.25) is 0 Å². The zero-order valence-electron chi connectivity index (χ0n) is 17.6. The molecule has 0 spiro atoms. The predicted octanol–water partition coefficient (Wildman–Crippen LogP) is 2.98. The van der Waals surface area contributed by atoms with Gasteiger partial charge < -0.3 is 19.5 Å². The molecule has 27 heavy (non-hydrogen) atoms. The van der Waals surface area contributed by atoms with Crippen molar-refractivity contribution in [3.63, 3.8) is 0 Å². The molecular formula is C19H37IN6O. The molecule has 0 saturated heterocycles. The highest BCUT2D eigenvalue weighted by Crippen LogP contribution is 2.28. The molecule has 2 rings (SSSR count). The van der Waals surface area contributed by atoms with Crippen LogP contribution in [0.4, 0.5) is 0 Å². The third-order valence-corrected chi connectivity index (χ3v) is 5.39. The molecule has 0 radical (unpaired) electrons. The fourth-order valence-corrected chi connectivity index (χ4v) is 3.45. The molecule has 1 aliphatic carbocycles. The molecule has 0 bridgehead atoms. The first-order valence-corrected chi connectivity index (χ1v) is 9.84. The quantitative estimate of drug-likeness (QED) is 0.262. The number of aromatic nitrogens is 3. The van der Waals surface area contributed by atoms with Crippen molar-refractivity contribution in [2.75, 3.05) is 33.9 Å². The number of nitrogens with zero attached hydrogens (tertiary/aromatic N) is 5. The van der Waals surface area contributed by atoms with Crippen LogP contribution in [0.15, 0.2) is 4.99 Å². The monoisotopic (exact) mass is 492 g/mol. The van der Waals surface area contributed by atoms with Gasteiger partial charge in [-0.3, -0.25) is 0 Å². The van der Waals surface area contributed by atoms with Crippen molar-refractivity contribution in [1.82, 2.24) is 25.0 Å². The number of hydrogen-bond donors (Lipinski definition) is 1. The number of hydrogen-bond acceptors (Lipinski definition) is 4.